The molecule has 2 heteroatoms. The van der Waals surface area contributed by atoms with Gasteiger partial charge in [-0.2, -0.15) is 0 Å². The number of nitrogens with zero attached hydrogens (tertiary/aromatic N) is 1. The normalized spacial score (nSPS) is 19.5. The van der Waals surface area contributed by atoms with E-state index in [-0.39, 0.29) is 5.04 Å². The van der Waals surface area contributed by atoms with Crippen molar-refractivity contribution in [2.24, 2.45) is 7.05 Å². The van der Waals surface area contributed by atoms with Crippen LogP contribution < -0.4 is 20.1 Å². The molecule has 6 rings (SSSR count). The highest BCUT2D eigenvalue weighted by atomic mass is 28.3. The maximum absolute atomic E-state index is 2.51. The lowest BCUT2D eigenvalue weighted by Crippen LogP contribution is -2.77. The molecule has 31 heavy (non-hydrogen) atoms. The quantitative estimate of drug-likeness (QED) is 0.324. The van der Waals surface area contributed by atoms with Gasteiger partial charge in [0.15, 0.2) is 14.3 Å². The van der Waals surface area contributed by atoms with Crippen molar-refractivity contribution >= 4 is 23.6 Å². The van der Waals surface area contributed by atoms with Gasteiger partial charge in [-0.05, 0) is 52.2 Å². The molecule has 1 unspecified atom stereocenters. The van der Waals surface area contributed by atoms with Gasteiger partial charge in [0.2, 0.25) is 5.69 Å². The summed E-state index contributed by atoms with van der Waals surface area (Å²) in [5.74, 6) is 0. The lowest BCUT2D eigenvalue weighted by atomic mass is 9.90. The van der Waals surface area contributed by atoms with Crippen molar-refractivity contribution in [2.45, 2.75) is 32.7 Å². The van der Waals surface area contributed by atoms with Crippen molar-refractivity contribution in [1.29, 1.82) is 0 Å². The summed E-state index contributed by atoms with van der Waals surface area (Å²) in [6, 6.07) is 27.9. The van der Waals surface area contributed by atoms with Gasteiger partial charge in [0.25, 0.3) is 0 Å². The molecule has 1 atom stereocenters. The fourth-order valence-corrected chi connectivity index (χ4v) is 13.2. The molecule has 0 amide bonds. The van der Waals surface area contributed by atoms with Gasteiger partial charge >= 0.3 is 0 Å². The molecule has 0 fully saturated rings. The van der Waals surface area contributed by atoms with E-state index in [9.17, 15) is 0 Å². The van der Waals surface area contributed by atoms with Crippen molar-refractivity contribution in [3.05, 3.63) is 95.7 Å². The van der Waals surface area contributed by atoms with Gasteiger partial charge in [0.05, 0.1) is 5.56 Å². The number of pyridine rings is 1. The summed E-state index contributed by atoms with van der Waals surface area (Å²) < 4.78 is 2.34. The van der Waals surface area contributed by atoms with Crippen LogP contribution in [0.25, 0.3) is 22.4 Å². The van der Waals surface area contributed by atoms with Crippen LogP contribution in [0.1, 0.15) is 30.5 Å². The zero-order valence-corrected chi connectivity index (χ0v) is 20.0. The van der Waals surface area contributed by atoms with E-state index in [0.29, 0.717) is 0 Å². The summed E-state index contributed by atoms with van der Waals surface area (Å²) in [6.07, 6.45) is 2.21. The van der Waals surface area contributed by atoms with Gasteiger partial charge in [0, 0.05) is 16.7 Å². The topological polar surface area (TPSA) is 3.88 Å². The van der Waals surface area contributed by atoms with Crippen LogP contribution in [0.4, 0.5) is 0 Å². The van der Waals surface area contributed by atoms with Crippen molar-refractivity contribution in [3.63, 3.8) is 0 Å². The number of aryl methyl sites for hydroxylation is 3. The predicted octanol–water partition coefficient (Wildman–Crippen LogP) is 4.08. The Kier molecular flexibility index (Phi) is 3.66. The van der Waals surface area contributed by atoms with E-state index in [4.69, 9.17) is 0 Å². The molecule has 152 valence electrons. The van der Waals surface area contributed by atoms with E-state index in [0.717, 1.165) is 0 Å². The molecule has 3 heterocycles. The average molecular weight is 419 g/mol. The summed E-state index contributed by atoms with van der Waals surface area (Å²) in [5.41, 5.74) is 9.98. The van der Waals surface area contributed by atoms with E-state index >= 15 is 0 Å². The van der Waals surface area contributed by atoms with Crippen molar-refractivity contribution in [1.82, 2.24) is 0 Å². The molecule has 2 aliphatic heterocycles. The van der Waals surface area contributed by atoms with Crippen LogP contribution in [-0.2, 0) is 12.1 Å². The molecular formula is C29H28NSi+. The number of hydrogen-bond acceptors (Lipinski definition) is 0. The maximum atomic E-state index is 2.51. The second-order valence-corrected chi connectivity index (χ2v) is 14.2. The summed E-state index contributed by atoms with van der Waals surface area (Å²) in [4.78, 5) is 0. The Morgan fingerprint density at radius 2 is 1.55 bits per heavy atom. The zero-order valence-electron chi connectivity index (χ0n) is 19.0. The fourth-order valence-electron chi connectivity index (χ4n) is 6.59. The average Bonchev–Trinajstić information content (AvgIpc) is 3.05. The van der Waals surface area contributed by atoms with Crippen LogP contribution in [0.3, 0.4) is 0 Å². The minimum Gasteiger partial charge on any atom is -0.201 e. The fraction of sp³-hybridized carbons (Fsp3) is 0.207. The Labute approximate surface area is 186 Å². The van der Waals surface area contributed by atoms with Crippen LogP contribution >= 0.6 is 0 Å². The molecular weight excluding hydrogens is 390 g/mol. The smallest absolute Gasteiger partial charge is 0.201 e. The molecule has 0 bridgehead atoms. The Balaban J connectivity index is 1.92. The third-order valence-electron chi connectivity index (χ3n) is 7.89. The molecule has 0 saturated carbocycles. The molecule has 0 saturated heterocycles. The van der Waals surface area contributed by atoms with Gasteiger partial charge in [0.1, 0.15) is 7.05 Å². The Morgan fingerprint density at radius 1 is 0.806 bits per heavy atom. The van der Waals surface area contributed by atoms with Gasteiger partial charge in [-0.3, -0.25) is 0 Å². The Morgan fingerprint density at radius 3 is 2.32 bits per heavy atom. The summed E-state index contributed by atoms with van der Waals surface area (Å²) in [5, 5.41) is 4.74. The molecule has 0 radical (unpaired) electrons. The molecule has 4 aromatic rings. The molecule has 1 nitrogen and oxygen atoms in total. The minimum atomic E-state index is -2.36. The second kappa shape index (κ2) is 6.05. The van der Waals surface area contributed by atoms with E-state index in [1.165, 1.54) is 44.3 Å². The SMILES string of the molecule is Cc1ccc2c(c1)[Si]1(c3ccccc3)c3c-2ccc(C)c3-c2c(ccc[n+]2C)C1(C)C. The van der Waals surface area contributed by atoms with Crippen LogP contribution in [0.2, 0.25) is 0 Å². The highest BCUT2D eigenvalue weighted by Gasteiger charge is 2.62. The first kappa shape index (κ1) is 18.8. The number of benzene rings is 3. The highest BCUT2D eigenvalue weighted by molar-refractivity contribution is 7.16. The van der Waals surface area contributed by atoms with Gasteiger partial charge in [-0.15, -0.1) is 0 Å². The van der Waals surface area contributed by atoms with Crippen molar-refractivity contribution in [2.75, 3.05) is 0 Å². The van der Waals surface area contributed by atoms with E-state index in [1.807, 2.05) is 0 Å². The third kappa shape index (κ3) is 2.09. The first-order chi connectivity index (χ1) is 14.9. The molecule has 0 spiro atoms. The van der Waals surface area contributed by atoms with E-state index in [1.54, 1.807) is 10.4 Å². The standard InChI is InChI=1S/C29H28NSi/c1-19-13-15-22-23-16-14-20(2)26-27-24(12-9-17-30(27)5)29(3,4)31(28(23)26,25(22)18-19)21-10-7-6-8-11-21/h6-18H,1-5H3/q+1. The van der Waals surface area contributed by atoms with Crippen LogP contribution in [0.5, 0.6) is 0 Å². The van der Waals surface area contributed by atoms with Gasteiger partial charge in [-0.25, -0.2) is 4.57 Å². The summed E-state index contributed by atoms with van der Waals surface area (Å²) >= 11 is 0. The predicted molar refractivity (Wildman–Crippen MR) is 132 cm³/mol. The molecule has 1 aromatic heterocycles. The third-order valence-corrected chi connectivity index (χ3v) is 13.7. The van der Waals surface area contributed by atoms with E-state index < -0.39 is 8.07 Å². The van der Waals surface area contributed by atoms with Crippen LogP contribution in [-0.4, -0.2) is 8.07 Å². The van der Waals surface area contributed by atoms with Gasteiger partial charge < -0.3 is 0 Å². The number of fused-ring (bicyclic) bond motifs is 5. The highest BCUT2D eigenvalue weighted by Crippen LogP contribution is 2.48. The Hall–Kier alpha value is -2.97. The Bertz CT molecular complexity index is 1380. The number of rotatable bonds is 1. The number of aromatic nitrogens is 1. The minimum absolute atomic E-state index is 0.0112. The van der Waals surface area contributed by atoms with Gasteiger partial charge in [-0.1, -0.05) is 80.1 Å². The van der Waals surface area contributed by atoms with E-state index in [2.05, 4.69) is 118 Å². The monoisotopic (exact) mass is 418 g/mol. The largest absolute Gasteiger partial charge is 0.215 e. The van der Waals surface area contributed by atoms with Crippen LogP contribution in [0, 0.1) is 13.8 Å². The van der Waals surface area contributed by atoms with Crippen molar-refractivity contribution in [3.8, 4) is 22.4 Å². The molecule has 0 N–H and O–H groups in total. The lowest BCUT2D eigenvalue weighted by molar-refractivity contribution is -0.660. The zero-order chi connectivity index (χ0) is 21.5. The number of hydrogen-bond donors (Lipinski definition) is 0. The molecule has 3 aromatic carbocycles. The maximum Gasteiger partial charge on any atom is 0.215 e. The summed E-state index contributed by atoms with van der Waals surface area (Å²) in [7, 11) is -0.154. The first-order valence-corrected chi connectivity index (χ1v) is 13.2. The van der Waals surface area contributed by atoms with Crippen LogP contribution in [0.15, 0.2) is 79.0 Å². The molecule has 0 aliphatic carbocycles. The second-order valence-electron chi connectivity index (χ2n) is 9.85. The molecule has 2 aliphatic rings. The van der Waals surface area contributed by atoms with Crippen molar-refractivity contribution < 1.29 is 4.57 Å². The summed E-state index contributed by atoms with van der Waals surface area (Å²) in [6.45, 7) is 9.56. The first-order valence-electron chi connectivity index (χ1n) is 11.2. The lowest BCUT2D eigenvalue weighted by Gasteiger charge is -2.48.